The first-order chi connectivity index (χ1) is 11.2. The minimum atomic E-state index is -0.184. The Morgan fingerprint density at radius 3 is 2.75 bits per heavy atom. The lowest BCUT2D eigenvalue weighted by molar-refractivity contribution is 0.625. The molecule has 0 radical (unpaired) electrons. The molecule has 3 nitrogen and oxygen atoms in total. The van der Waals surface area contributed by atoms with E-state index in [1.165, 1.54) is 10.9 Å². The van der Waals surface area contributed by atoms with Crippen molar-refractivity contribution in [2.24, 2.45) is 4.99 Å². The molecule has 0 amide bonds. The second-order valence-corrected chi connectivity index (χ2v) is 6.93. The number of guanidine groups is 1. The number of rotatable bonds is 7. The molecule has 0 atom stereocenters. The molecule has 0 spiro atoms. The van der Waals surface area contributed by atoms with E-state index in [0.717, 1.165) is 35.8 Å². The quantitative estimate of drug-likeness (QED) is 0.354. The highest BCUT2D eigenvalue weighted by Gasteiger charge is 2.05. The van der Waals surface area contributed by atoms with E-state index < -0.39 is 0 Å². The molecule has 24 heavy (non-hydrogen) atoms. The number of halogens is 2. The number of thiophene rings is 1. The molecule has 0 fully saturated rings. The summed E-state index contributed by atoms with van der Waals surface area (Å²) in [6.07, 6.45) is 3.00. The lowest BCUT2D eigenvalue weighted by Gasteiger charge is -2.14. The first kappa shape index (κ1) is 21.2. The number of thioether (sulfide) groups is 1. The zero-order valence-corrected chi connectivity index (χ0v) is 17.8. The van der Waals surface area contributed by atoms with Crippen molar-refractivity contribution in [1.82, 2.24) is 10.6 Å². The highest BCUT2D eigenvalue weighted by atomic mass is 127. The Bertz CT molecular complexity index is 633. The van der Waals surface area contributed by atoms with Crippen LogP contribution in [0, 0.1) is 5.82 Å². The fourth-order valence-corrected chi connectivity index (χ4v) is 3.50. The van der Waals surface area contributed by atoms with Crippen molar-refractivity contribution in [3.8, 4) is 0 Å². The number of nitrogens with one attached hydrogen (secondary N) is 2. The van der Waals surface area contributed by atoms with E-state index in [1.54, 1.807) is 36.2 Å². The van der Waals surface area contributed by atoms with Crippen LogP contribution in [0.2, 0.25) is 0 Å². The Hall–Kier alpha value is -0.800. The maximum atomic E-state index is 13.4. The number of benzene rings is 1. The Morgan fingerprint density at radius 1 is 1.25 bits per heavy atom. The van der Waals surface area contributed by atoms with E-state index in [-0.39, 0.29) is 29.8 Å². The molecule has 1 aromatic heterocycles. The summed E-state index contributed by atoms with van der Waals surface area (Å²) in [5, 5.41) is 8.69. The van der Waals surface area contributed by atoms with E-state index >= 15 is 0 Å². The van der Waals surface area contributed by atoms with Crippen LogP contribution in [0.1, 0.15) is 16.0 Å². The van der Waals surface area contributed by atoms with Crippen LogP contribution >= 0.6 is 47.1 Å². The molecule has 0 saturated heterocycles. The molecule has 132 valence electrons. The van der Waals surface area contributed by atoms with E-state index in [1.807, 2.05) is 12.3 Å². The summed E-state index contributed by atoms with van der Waals surface area (Å²) in [6.45, 7) is 1.47. The summed E-state index contributed by atoms with van der Waals surface area (Å²) in [7, 11) is 1.76. The minimum Gasteiger partial charge on any atom is -0.356 e. The predicted molar refractivity (Wildman–Crippen MR) is 115 cm³/mol. The molecule has 2 N–H and O–H groups in total. The van der Waals surface area contributed by atoms with Gasteiger partial charge in [0.25, 0.3) is 0 Å². The van der Waals surface area contributed by atoms with Gasteiger partial charge in [-0.05, 0) is 47.4 Å². The maximum Gasteiger partial charge on any atom is 0.191 e. The van der Waals surface area contributed by atoms with Gasteiger partial charge >= 0.3 is 0 Å². The van der Waals surface area contributed by atoms with Crippen molar-refractivity contribution in [3.05, 3.63) is 57.5 Å². The molecule has 0 bridgehead atoms. The van der Waals surface area contributed by atoms with Crippen molar-refractivity contribution in [2.75, 3.05) is 19.8 Å². The maximum absolute atomic E-state index is 13.4. The van der Waals surface area contributed by atoms with Gasteiger partial charge in [0, 0.05) is 30.8 Å². The van der Waals surface area contributed by atoms with Gasteiger partial charge in [-0.2, -0.15) is 11.8 Å². The van der Waals surface area contributed by atoms with Crippen LogP contribution in [-0.2, 0) is 18.7 Å². The molecular formula is C17H23FIN3S2. The molecule has 1 aromatic carbocycles. The van der Waals surface area contributed by atoms with Crippen molar-refractivity contribution >= 4 is 53.0 Å². The topological polar surface area (TPSA) is 36.4 Å². The summed E-state index contributed by atoms with van der Waals surface area (Å²) in [6, 6.07) is 9.16. The predicted octanol–water partition coefficient (Wildman–Crippen LogP) is 4.28. The Morgan fingerprint density at radius 2 is 2.08 bits per heavy atom. The fraction of sp³-hybridized carbons (Fsp3) is 0.353. The third kappa shape index (κ3) is 6.98. The van der Waals surface area contributed by atoms with E-state index in [0.29, 0.717) is 6.54 Å². The molecule has 0 saturated carbocycles. The van der Waals surface area contributed by atoms with E-state index in [2.05, 4.69) is 33.1 Å². The number of hydrogen-bond acceptors (Lipinski definition) is 3. The van der Waals surface area contributed by atoms with Crippen molar-refractivity contribution in [2.45, 2.75) is 18.7 Å². The first-order valence-corrected chi connectivity index (χ1v) is 9.73. The normalized spacial score (nSPS) is 11.0. The summed E-state index contributed by atoms with van der Waals surface area (Å²) < 4.78 is 13.4. The van der Waals surface area contributed by atoms with Crippen LogP contribution in [-0.4, -0.2) is 25.8 Å². The molecule has 1 heterocycles. The highest BCUT2D eigenvalue weighted by Crippen LogP contribution is 2.16. The molecule has 0 aliphatic heterocycles. The standard InChI is InChI=1S/C17H22FN3S2.HI/c1-19-17(20-8-7-16-4-3-9-23-16)21-11-13-5-6-15(18)10-14(13)12-22-2;/h3-6,9-10H,7-8,11-12H2,1-2H3,(H2,19,20,21);1H. The van der Waals surface area contributed by atoms with Crippen LogP contribution < -0.4 is 10.6 Å². The van der Waals surface area contributed by atoms with Crippen LogP contribution in [0.4, 0.5) is 4.39 Å². The molecule has 2 aromatic rings. The third-order valence-corrected chi connectivity index (χ3v) is 4.92. The molecule has 0 aliphatic carbocycles. The molecule has 2 rings (SSSR count). The van der Waals surface area contributed by atoms with Crippen LogP contribution in [0.25, 0.3) is 0 Å². The van der Waals surface area contributed by atoms with E-state index in [9.17, 15) is 4.39 Å². The van der Waals surface area contributed by atoms with Gasteiger partial charge < -0.3 is 10.6 Å². The average Bonchev–Trinajstić information content (AvgIpc) is 3.06. The zero-order valence-electron chi connectivity index (χ0n) is 13.8. The SMILES string of the molecule is CN=C(NCCc1cccs1)NCc1ccc(F)cc1CSC.I. The minimum absolute atomic E-state index is 0. The van der Waals surface area contributed by atoms with Gasteiger partial charge in [-0.3, -0.25) is 4.99 Å². The lowest BCUT2D eigenvalue weighted by atomic mass is 10.1. The van der Waals surface area contributed by atoms with Gasteiger partial charge in [0.2, 0.25) is 0 Å². The van der Waals surface area contributed by atoms with Gasteiger partial charge in [-0.1, -0.05) is 12.1 Å². The Balaban J connectivity index is 0.00000288. The van der Waals surface area contributed by atoms with Gasteiger partial charge in [-0.25, -0.2) is 4.39 Å². The lowest BCUT2D eigenvalue weighted by Crippen LogP contribution is -2.38. The van der Waals surface area contributed by atoms with E-state index in [4.69, 9.17) is 0 Å². The Labute approximate surface area is 168 Å². The van der Waals surface area contributed by atoms with Gasteiger partial charge in [0.1, 0.15) is 5.82 Å². The monoisotopic (exact) mass is 479 g/mol. The molecule has 0 aliphatic rings. The van der Waals surface area contributed by atoms with Crippen LogP contribution in [0.3, 0.4) is 0 Å². The molecule has 0 unspecified atom stereocenters. The highest BCUT2D eigenvalue weighted by molar-refractivity contribution is 14.0. The number of nitrogens with zero attached hydrogens (tertiary/aromatic N) is 1. The first-order valence-electron chi connectivity index (χ1n) is 7.46. The van der Waals surface area contributed by atoms with Crippen LogP contribution in [0.15, 0.2) is 40.7 Å². The van der Waals surface area contributed by atoms with Crippen molar-refractivity contribution < 1.29 is 4.39 Å². The Kier molecular flexibility index (Phi) is 10.4. The smallest absolute Gasteiger partial charge is 0.191 e. The largest absolute Gasteiger partial charge is 0.356 e. The fourth-order valence-electron chi connectivity index (χ4n) is 2.22. The second-order valence-electron chi connectivity index (χ2n) is 5.03. The summed E-state index contributed by atoms with van der Waals surface area (Å²) in [5.74, 6) is 1.39. The van der Waals surface area contributed by atoms with Crippen molar-refractivity contribution in [1.29, 1.82) is 0 Å². The summed E-state index contributed by atoms with van der Waals surface area (Å²) in [5.41, 5.74) is 2.13. The van der Waals surface area contributed by atoms with Gasteiger partial charge in [0.05, 0.1) is 0 Å². The number of aliphatic imine (C=N–C) groups is 1. The average molecular weight is 479 g/mol. The second kappa shape index (κ2) is 11.7. The molecule has 7 heteroatoms. The van der Waals surface area contributed by atoms with Gasteiger partial charge in [0.15, 0.2) is 5.96 Å². The van der Waals surface area contributed by atoms with Gasteiger partial charge in [-0.15, -0.1) is 35.3 Å². The summed E-state index contributed by atoms with van der Waals surface area (Å²) >= 11 is 3.45. The summed E-state index contributed by atoms with van der Waals surface area (Å²) in [4.78, 5) is 5.59. The van der Waals surface area contributed by atoms with Crippen molar-refractivity contribution in [3.63, 3.8) is 0 Å². The molecular weight excluding hydrogens is 456 g/mol. The number of hydrogen-bond donors (Lipinski definition) is 2. The van der Waals surface area contributed by atoms with Crippen LogP contribution in [0.5, 0.6) is 0 Å². The zero-order chi connectivity index (χ0) is 16.5. The third-order valence-electron chi connectivity index (χ3n) is 3.38.